The molecule has 0 amide bonds. The molecule has 3 rings (SSSR count). The van der Waals surface area contributed by atoms with E-state index in [-0.39, 0.29) is 0 Å². The first kappa shape index (κ1) is 22.7. The number of thioether (sulfide) groups is 1. The third-order valence-corrected chi connectivity index (χ3v) is 8.65. The van der Waals surface area contributed by atoms with Crippen molar-refractivity contribution in [3.63, 3.8) is 0 Å². The van der Waals surface area contributed by atoms with Crippen LogP contribution in [-0.4, -0.2) is 6.61 Å². The van der Waals surface area contributed by atoms with Gasteiger partial charge in [0, 0.05) is 10.5 Å². The molecule has 0 radical (unpaired) electrons. The Morgan fingerprint density at radius 1 is 1.07 bits per heavy atom. The van der Waals surface area contributed by atoms with Crippen LogP contribution in [0.15, 0.2) is 51.6 Å². The summed E-state index contributed by atoms with van der Waals surface area (Å²) in [4.78, 5) is 2.57. The fraction of sp³-hybridized carbons (Fsp3) is 0.417. The molecule has 156 valence electrons. The second kappa shape index (κ2) is 10.9. The van der Waals surface area contributed by atoms with Crippen molar-refractivity contribution >= 4 is 40.6 Å². The Labute approximate surface area is 188 Å². The summed E-state index contributed by atoms with van der Waals surface area (Å²) in [5, 5.41) is 0. The van der Waals surface area contributed by atoms with E-state index >= 15 is 0 Å². The van der Waals surface area contributed by atoms with Gasteiger partial charge in [0.05, 0.1) is 15.7 Å². The lowest BCUT2D eigenvalue weighted by Crippen LogP contribution is -2.04. The molecule has 1 atom stereocenters. The first-order chi connectivity index (χ1) is 14.0. The van der Waals surface area contributed by atoms with Crippen LogP contribution in [0.5, 0.6) is 5.75 Å². The van der Waals surface area contributed by atoms with Gasteiger partial charge in [0.2, 0.25) is 0 Å². The largest absolute Gasteiger partial charge is 0.493 e. The van der Waals surface area contributed by atoms with Crippen molar-refractivity contribution in [1.82, 2.24) is 4.13 Å². The summed E-state index contributed by atoms with van der Waals surface area (Å²) >= 11 is 5.25. The van der Waals surface area contributed by atoms with Crippen molar-refractivity contribution in [2.45, 2.75) is 58.3 Å². The van der Waals surface area contributed by atoms with Crippen LogP contribution in [0, 0.1) is 12.8 Å². The van der Waals surface area contributed by atoms with Crippen LogP contribution in [0.25, 0.3) is 4.91 Å². The van der Waals surface area contributed by atoms with E-state index in [1.165, 1.54) is 30.7 Å². The highest BCUT2D eigenvalue weighted by Crippen LogP contribution is 2.51. The van der Waals surface area contributed by atoms with Gasteiger partial charge in [0.15, 0.2) is 0 Å². The molecule has 5 heteroatoms. The average Bonchev–Trinajstić information content (AvgIpc) is 3.17. The molecule has 1 aliphatic rings. The van der Waals surface area contributed by atoms with Crippen molar-refractivity contribution in [3.05, 3.63) is 63.4 Å². The normalized spacial score (nSPS) is 15.2. The lowest BCUT2D eigenvalue weighted by Gasteiger charge is -2.17. The highest BCUT2D eigenvalue weighted by Gasteiger charge is 2.23. The topological polar surface area (TPSA) is 21.3 Å². The molecular weight excluding hydrogens is 414 g/mol. The van der Waals surface area contributed by atoms with Crippen LogP contribution in [-0.2, 0) is 0 Å². The van der Waals surface area contributed by atoms with E-state index < -0.39 is 0 Å². The van der Waals surface area contributed by atoms with Crippen LogP contribution in [0.3, 0.4) is 0 Å². The van der Waals surface area contributed by atoms with Gasteiger partial charge in [0.25, 0.3) is 0 Å². The minimum atomic E-state index is 0.540. The molecule has 29 heavy (non-hydrogen) atoms. The Morgan fingerprint density at radius 2 is 1.86 bits per heavy atom. The number of rotatable bonds is 9. The van der Waals surface area contributed by atoms with Gasteiger partial charge in [-0.2, -0.15) is 4.13 Å². The van der Waals surface area contributed by atoms with Gasteiger partial charge >= 0.3 is 0 Å². The van der Waals surface area contributed by atoms with E-state index in [1.54, 1.807) is 23.9 Å². The molecule has 0 fully saturated rings. The Bertz CT molecular complexity index is 863. The summed E-state index contributed by atoms with van der Waals surface area (Å²) in [7, 11) is 0. The predicted molar refractivity (Wildman–Crippen MR) is 132 cm³/mol. The predicted octanol–water partition coefficient (Wildman–Crippen LogP) is 8.25. The number of hydrogen-bond donors (Lipinski definition) is 1. The molecule has 1 heterocycles. The molecule has 0 aromatic heterocycles. The molecule has 0 bridgehead atoms. The standard InChI is InChI=1S/C24H31NOS3/c1-6-17(4)19-11-12-21(26-14-13-16(2)3)20(15-19)23-24(29-25-28-23)27-22-10-8-7-9-18(22)5/h7-12,15-17,25H,6,13-14H2,1-5H3. The van der Waals surface area contributed by atoms with E-state index in [4.69, 9.17) is 4.74 Å². The van der Waals surface area contributed by atoms with Crippen molar-refractivity contribution < 1.29 is 4.74 Å². The second-order valence-electron chi connectivity index (χ2n) is 7.87. The molecule has 2 nitrogen and oxygen atoms in total. The van der Waals surface area contributed by atoms with Crippen molar-refractivity contribution in [1.29, 1.82) is 0 Å². The van der Waals surface area contributed by atoms with Crippen LogP contribution in [0.4, 0.5) is 0 Å². The highest BCUT2D eigenvalue weighted by atomic mass is 32.2. The van der Waals surface area contributed by atoms with Gasteiger partial charge < -0.3 is 4.74 Å². The second-order valence-corrected chi connectivity index (χ2v) is 11.1. The third-order valence-electron chi connectivity index (χ3n) is 5.14. The zero-order valence-electron chi connectivity index (χ0n) is 18.0. The van der Waals surface area contributed by atoms with Crippen molar-refractivity contribution in [2.75, 3.05) is 6.61 Å². The van der Waals surface area contributed by atoms with Gasteiger partial charge in [-0.25, -0.2) is 0 Å². The quantitative estimate of drug-likeness (QED) is 0.391. The molecule has 0 saturated carbocycles. The summed E-state index contributed by atoms with van der Waals surface area (Å²) in [6, 6.07) is 15.3. The smallest absolute Gasteiger partial charge is 0.127 e. The van der Waals surface area contributed by atoms with Crippen molar-refractivity contribution in [2.24, 2.45) is 5.92 Å². The zero-order chi connectivity index (χ0) is 20.8. The maximum absolute atomic E-state index is 6.26. The Kier molecular flexibility index (Phi) is 8.48. The van der Waals surface area contributed by atoms with Gasteiger partial charge in [-0.05, 0) is 84.8 Å². The molecule has 1 N–H and O–H groups in total. The lowest BCUT2D eigenvalue weighted by atomic mass is 9.96. The maximum atomic E-state index is 6.26. The van der Waals surface area contributed by atoms with Crippen molar-refractivity contribution in [3.8, 4) is 5.75 Å². The molecular formula is C24H31NOS3. The van der Waals surface area contributed by atoms with Crippen LogP contribution in [0.1, 0.15) is 63.1 Å². The Morgan fingerprint density at radius 3 is 2.59 bits per heavy atom. The summed E-state index contributed by atoms with van der Waals surface area (Å²) in [5.74, 6) is 2.17. The van der Waals surface area contributed by atoms with Gasteiger partial charge in [-0.3, -0.25) is 0 Å². The molecule has 2 aromatic carbocycles. The number of ether oxygens (including phenoxy) is 1. The fourth-order valence-electron chi connectivity index (χ4n) is 2.99. The van der Waals surface area contributed by atoms with Crippen LogP contribution in [0.2, 0.25) is 0 Å². The Balaban J connectivity index is 1.96. The molecule has 2 aromatic rings. The average molecular weight is 446 g/mol. The third kappa shape index (κ3) is 6.00. The molecule has 0 saturated heterocycles. The monoisotopic (exact) mass is 445 g/mol. The number of benzene rings is 2. The zero-order valence-corrected chi connectivity index (χ0v) is 20.4. The first-order valence-corrected chi connectivity index (χ1v) is 12.8. The maximum Gasteiger partial charge on any atom is 0.127 e. The van der Waals surface area contributed by atoms with Gasteiger partial charge in [-0.15, -0.1) is 0 Å². The van der Waals surface area contributed by atoms with E-state index in [2.05, 4.69) is 81.2 Å². The minimum Gasteiger partial charge on any atom is -0.493 e. The molecule has 1 unspecified atom stereocenters. The van der Waals surface area contributed by atoms with E-state index in [9.17, 15) is 0 Å². The van der Waals surface area contributed by atoms with E-state index in [0.717, 1.165) is 25.2 Å². The number of aryl methyl sites for hydroxylation is 1. The summed E-state index contributed by atoms with van der Waals surface area (Å²) in [6.45, 7) is 12.0. The lowest BCUT2D eigenvalue weighted by molar-refractivity contribution is 0.289. The fourth-order valence-corrected chi connectivity index (χ4v) is 6.37. The van der Waals surface area contributed by atoms with E-state index in [1.807, 2.05) is 11.8 Å². The number of hydrogen-bond acceptors (Lipinski definition) is 5. The first-order valence-electron chi connectivity index (χ1n) is 10.3. The summed E-state index contributed by atoms with van der Waals surface area (Å²) in [5.41, 5.74) is 3.90. The molecule has 1 aliphatic heterocycles. The van der Waals surface area contributed by atoms with Crippen LogP contribution < -0.4 is 8.86 Å². The highest BCUT2D eigenvalue weighted by molar-refractivity contribution is 8.31. The summed E-state index contributed by atoms with van der Waals surface area (Å²) < 4.78 is 11.0. The van der Waals surface area contributed by atoms with Crippen LogP contribution >= 0.6 is 35.7 Å². The van der Waals surface area contributed by atoms with E-state index in [0.29, 0.717) is 11.8 Å². The Hall–Kier alpha value is -1.01. The summed E-state index contributed by atoms with van der Waals surface area (Å²) in [6.07, 6.45) is 2.20. The molecule has 0 aliphatic carbocycles. The minimum absolute atomic E-state index is 0.540. The van der Waals surface area contributed by atoms with Gasteiger partial charge in [-0.1, -0.05) is 63.7 Å². The SMILES string of the molecule is CCC(C)c1ccc(OCCC(C)C)c(C2=C(Sc3ccccc3C)SNS2)c1. The van der Waals surface area contributed by atoms with Gasteiger partial charge in [0.1, 0.15) is 5.75 Å². The number of nitrogens with one attached hydrogen (secondary N) is 1. The molecule has 0 spiro atoms.